The highest BCUT2D eigenvalue weighted by atomic mass is 32.1. The van der Waals surface area contributed by atoms with E-state index in [9.17, 15) is 29.5 Å². The Morgan fingerprint density at radius 3 is 2.15 bits per heavy atom. The maximum Gasteiger partial charge on any atom is 0.262 e. The highest BCUT2D eigenvalue weighted by Crippen LogP contribution is 2.30. The summed E-state index contributed by atoms with van der Waals surface area (Å²) in [5.41, 5.74) is 1.88. The Morgan fingerprint density at radius 1 is 0.957 bits per heavy atom. The van der Waals surface area contributed by atoms with Crippen LogP contribution in [0.15, 0.2) is 67.0 Å². The monoisotopic (exact) mass is 643 g/mol. The number of aliphatic hydroxyl groups is 2. The van der Waals surface area contributed by atoms with Gasteiger partial charge >= 0.3 is 0 Å². The third kappa shape index (κ3) is 8.20. The molecule has 2 heterocycles. The van der Waals surface area contributed by atoms with Gasteiger partial charge in [-0.15, -0.1) is 11.3 Å². The molecule has 0 aliphatic heterocycles. The SMILES string of the molecule is CC(NC(=O)C(Cc1ccc(-c2ncc(-c3ccc(C(C)(C)C#N)cc3F)cn2)cc1)NC(=O)c1ccc(C(C)(C)C)s1)C(O)O. The lowest BCUT2D eigenvalue weighted by atomic mass is 9.85. The van der Waals surface area contributed by atoms with E-state index in [0.29, 0.717) is 33.0 Å². The predicted octanol–water partition coefficient (Wildman–Crippen LogP) is 5.27. The minimum Gasteiger partial charge on any atom is -0.366 e. The molecule has 2 amide bonds. The normalized spacial score (nSPS) is 13.2. The van der Waals surface area contributed by atoms with E-state index < -0.39 is 41.4 Å². The molecule has 2 aromatic heterocycles. The first kappa shape index (κ1) is 34.4. The first-order valence-electron chi connectivity index (χ1n) is 14.8. The number of aromatic nitrogens is 2. The van der Waals surface area contributed by atoms with E-state index >= 15 is 0 Å². The summed E-state index contributed by atoms with van der Waals surface area (Å²) < 4.78 is 14.9. The summed E-state index contributed by atoms with van der Waals surface area (Å²) >= 11 is 1.36. The smallest absolute Gasteiger partial charge is 0.262 e. The van der Waals surface area contributed by atoms with Crippen molar-refractivity contribution in [2.45, 2.75) is 77.2 Å². The Labute approximate surface area is 272 Å². The molecule has 4 N–H and O–H groups in total. The third-order valence-electron chi connectivity index (χ3n) is 7.59. The fraction of sp³-hybridized carbons (Fsp3) is 0.343. The second-order valence-corrected chi connectivity index (χ2v) is 13.9. The molecule has 2 unspecified atom stereocenters. The van der Waals surface area contributed by atoms with Gasteiger partial charge in [-0.05, 0) is 55.5 Å². The summed E-state index contributed by atoms with van der Waals surface area (Å²) in [5, 5.41) is 33.7. The number of hydrogen-bond acceptors (Lipinski definition) is 8. The molecule has 2 aromatic carbocycles. The van der Waals surface area contributed by atoms with Crippen molar-refractivity contribution in [3.05, 3.63) is 93.7 Å². The van der Waals surface area contributed by atoms with Gasteiger partial charge in [-0.25, -0.2) is 14.4 Å². The van der Waals surface area contributed by atoms with Gasteiger partial charge < -0.3 is 20.8 Å². The van der Waals surface area contributed by atoms with Crippen LogP contribution in [0.4, 0.5) is 4.39 Å². The molecule has 0 saturated carbocycles. The third-order valence-corrected chi connectivity index (χ3v) is 9.10. The molecule has 0 aliphatic carbocycles. The van der Waals surface area contributed by atoms with Gasteiger partial charge in [0.15, 0.2) is 12.1 Å². The molecule has 4 rings (SSSR count). The van der Waals surface area contributed by atoms with Crippen LogP contribution in [-0.4, -0.2) is 50.4 Å². The number of nitrogens with one attached hydrogen (secondary N) is 2. The number of carbonyl (C=O) groups is 2. The average Bonchev–Trinajstić information content (AvgIpc) is 3.53. The highest BCUT2D eigenvalue weighted by molar-refractivity contribution is 7.14. The zero-order valence-corrected chi connectivity index (χ0v) is 27.4. The lowest BCUT2D eigenvalue weighted by Crippen LogP contribution is -2.52. The molecule has 9 nitrogen and oxygen atoms in total. The maximum atomic E-state index is 14.9. The van der Waals surface area contributed by atoms with Gasteiger partial charge in [-0.1, -0.05) is 57.2 Å². The van der Waals surface area contributed by atoms with Gasteiger partial charge in [-0.3, -0.25) is 9.59 Å². The Balaban J connectivity index is 1.50. The molecule has 0 bridgehead atoms. The topological polar surface area (TPSA) is 148 Å². The van der Waals surface area contributed by atoms with Crippen LogP contribution in [0.5, 0.6) is 0 Å². The maximum absolute atomic E-state index is 14.9. The molecule has 0 radical (unpaired) electrons. The standard InChI is InChI=1S/C35H38FN5O4S/c1-20(33(44)45)40-31(42)27(41-32(43)28-13-14-29(46-28)34(2,3)4)15-21-7-9-22(10-8-21)30-38-17-23(18-39-30)25-12-11-24(16-26(25)36)35(5,6)19-37/h7-14,16-18,20,27,33,44-45H,15H2,1-6H3,(H,40,42)(H,41,43). The van der Waals surface area contributed by atoms with Crippen LogP contribution in [0.2, 0.25) is 0 Å². The van der Waals surface area contributed by atoms with Crippen LogP contribution in [0, 0.1) is 17.1 Å². The molecular formula is C35H38FN5O4S. The van der Waals surface area contributed by atoms with Crippen molar-refractivity contribution in [2.75, 3.05) is 0 Å². The van der Waals surface area contributed by atoms with E-state index in [2.05, 4.69) is 47.4 Å². The fourth-order valence-corrected chi connectivity index (χ4v) is 5.51. The number of aliphatic hydroxyl groups excluding tert-OH is 1. The van der Waals surface area contributed by atoms with Crippen molar-refractivity contribution in [1.29, 1.82) is 5.26 Å². The number of hydrogen-bond donors (Lipinski definition) is 4. The molecule has 240 valence electrons. The summed E-state index contributed by atoms with van der Waals surface area (Å²) in [6.07, 6.45) is 1.45. The van der Waals surface area contributed by atoms with E-state index in [0.717, 1.165) is 10.4 Å². The van der Waals surface area contributed by atoms with Crippen molar-refractivity contribution in [1.82, 2.24) is 20.6 Å². The molecule has 2 atom stereocenters. The summed E-state index contributed by atoms with van der Waals surface area (Å²) in [6.45, 7) is 11.1. The minimum atomic E-state index is -1.76. The Kier molecular flexibility index (Phi) is 10.4. The van der Waals surface area contributed by atoms with Crippen LogP contribution >= 0.6 is 11.3 Å². The molecule has 0 saturated heterocycles. The number of nitriles is 1. The average molecular weight is 644 g/mol. The van der Waals surface area contributed by atoms with Crippen molar-refractivity contribution in [3.8, 4) is 28.6 Å². The summed E-state index contributed by atoms with van der Waals surface area (Å²) in [6, 6.07) is 15.7. The Morgan fingerprint density at radius 2 is 1.61 bits per heavy atom. The number of carbonyl (C=O) groups excluding carboxylic acids is 2. The van der Waals surface area contributed by atoms with Gasteiger partial charge in [0.2, 0.25) is 5.91 Å². The van der Waals surface area contributed by atoms with Crippen LogP contribution < -0.4 is 10.6 Å². The van der Waals surface area contributed by atoms with E-state index in [1.807, 2.05) is 6.07 Å². The molecule has 0 spiro atoms. The quantitative estimate of drug-likeness (QED) is 0.172. The van der Waals surface area contributed by atoms with Crippen molar-refractivity contribution < 1.29 is 24.2 Å². The van der Waals surface area contributed by atoms with Crippen LogP contribution in [0.3, 0.4) is 0 Å². The number of benzene rings is 2. The van der Waals surface area contributed by atoms with Gasteiger partial charge in [0.25, 0.3) is 5.91 Å². The van der Waals surface area contributed by atoms with Crippen LogP contribution in [0.1, 0.15) is 67.2 Å². The molecule has 11 heteroatoms. The zero-order chi connectivity index (χ0) is 33.8. The largest absolute Gasteiger partial charge is 0.366 e. The summed E-state index contributed by atoms with van der Waals surface area (Å²) in [7, 11) is 0. The van der Waals surface area contributed by atoms with Crippen molar-refractivity contribution in [2.24, 2.45) is 0 Å². The van der Waals surface area contributed by atoms with E-state index in [1.54, 1.807) is 56.3 Å². The first-order valence-corrected chi connectivity index (χ1v) is 15.6. The number of rotatable bonds is 10. The number of amides is 2. The molecule has 4 aromatic rings. The summed E-state index contributed by atoms with van der Waals surface area (Å²) in [5.74, 6) is -1.01. The van der Waals surface area contributed by atoms with Crippen molar-refractivity contribution in [3.63, 3.8) is 0 Å². The van der Waals surface area contributed by atoms with Crippen molar-refractivity contribution >= 4 is 23.2 Å². The van der Waals surface area contributed by atoms with Gasteiger partial charge in [0, 0.05) is 40.4 Å². The molecule has 0 fully saturated rings. The van der Waals surface area contributed by atoms with Gasteiger partial charge in [-0.2, -0.15) is 5.26 Å². The van der Waals surface area contributed by atoms with Crippen LogP contribution in [-0.2, 0) is 22.0 Å². The minimum absolute atomic E-state index is 0.129. The summed E-state index contributed by atoms with van der Waals surface area (Å²) in [4.78, 5) is 36.6. The fourth-order valence-electron chi connectivity index (χ4n) is 4.55. The predicted molar refractivity (Wildman–Crippen MR) is 175 cm³/mol. The van der Waals surface area contributed by atoms with E-state index in [4.69, 9.17) is 0 Å². The molecule has 0 aliphatic rings. The molecular weight excluding hydrogens is 605 g/mol. The number of nitrogens with zero attached hydrogens (tertiary/aromatic N) is 3. The van der Waals surface area contributed by atoms with E-state index in [-0.39, 0.29) is 11.8 Å². The second kappa shape index (κ2) is 13.9. The van der Waals surface area contributed by atoms with Crippen LogP contribution in [0.25, 0.3) is 22.5 Å². The number of halogens is 1. The second-order valence-electron chi connectivity index (χ2n) is 12.8. The highest BCUT2D eigenvalue weighted by Gasteiger charge is 2.27. The lowest BCUT2D eigenvalue weighted by molar-refractivity contribution is -0.128. The molecule has 46 heavy (non-hydrogen) atoms. The van der Waals surface area contributed by atoms with Gasteiger partial charge in [0.1, 0.15) is 11.9 Å². The van der Waals surface area contributed by atoms with E-state index in [1.165, 1.54) is 36.7 Å². The zero-order valence-electron chi connectivity index (χ0n) is 26.6. The number of thiophene rings is 1. The Bertz CT molecular complexity index is 1740. The first-order chi connectivity index (χ1) is 21.6. The van der Waals surface area contributed by atoms with Gasteiger partial charge in [0.05, 0.1) is 22.4 Å². The Hall–Kier alpha value is -4.50. The lowest BCUT2D eigenvalue weighted by Gasteiger charge is -2.22.